The van der Waals surface area contributed by atoms with Crippen molar-refractivity contribution in [3.63, 3.8) is 0 Å². The van der Waals surface area contributed by atoms with E-state index in [1.165, 1.54) is 6.20 Å². The Kier molecular flexibility index (Phi) is 3.16. The molecule has 0 aliphatic rings. The highest BCUT2D eigenvalue weighted by atomic mass is 35.5. The van der Waals surface area contributed by atoms with E-state index >= 15 is 0 Å². The lowest BCUT2D eigenvalue weighted by atomic mass is 10.4. The first-order valence-electron chi connectivity index (χ1n) is 4.57. The Hall–Kier alpha value is -1.88. The molecule has 5 nitrogen and oxygen atoms in total. The fourth-order valence-corrected chi connectivity index (χ4v) is 1.25. The molecule has 0 bridgehead atoms. The van der Waals surface area contributed by atoms with E-state index in [-0.39, 0.29) is 0 Å². The van der Waals surface area contributed by atoms with E-state index < -0.39 is 0 Å². The minimum absolute atomic E-state index is 0.434. The molecule has 2 heterocycles. The van der Waals surface area contributed by atoms with Crippen LogP contribution in [0.4, 0.5) is 5.95 Å². The van der Waals surface area contributed by atoms with E-state index in [0.29, 0.717) is 22.6 Å². The molecule has 2 aromatic rings. The van der Waals surface area contributed by atoms with Gasteiger partial charge < -0.3 is 10.1 Å². The van der Waals surface area contributed by atoms with E-state index in [0.717, 1.165) is 0 Å². The van der Waals surface area contributed by atoms with Crippen LogP contribution >= 0.6 is 11.6 Å². The largest absolute Gasteiger partial charge is 0.437 e. The number of ether oxygens (including phenoxy) is 1. The van der Waals surface area contributed by atoms with E-state index in [1.54, 1.807) is 31.6 Å². The van der Waals surface area contributed by atoms with Crippen LogP contribution in [0.5, 0.6) is 11.6 Å². The summed E-state index contributed by atoms with van der Waals surface area (Å²) in [4.78, 5) is 12.0. The van der Waals surface area contributed by atoms with Gasteiger partial charge in [0.25, 0.3) is 0 Å². The molecule has 0 unspecified atom stereocenters. The lowest BCUT2D eigenvalue weighted by molar-refractivity contribution is 0.460. The molecule has 6 heteroatoms. The molecule has 16 heavy (non-hydrogen) atoms. The molecule has 0 aliphatic heterocycles. The third kappa shape index (κ3) is 2.58. The molecule has 0 spiro atoms. The molecule has 0 atom stereocenters. The SMILES string of the molecule is CNc1nccc(Oc2cncc(Cl)c2)n1. The van der Waals surface area contributed by atoms with Crippen LogP contribution < -0.4 is 10.1 Å². The fraction of sp³-hybridized carbons (Fsp3) is 0.100. The van der Waals surface area contributed by atoms with Crippen molar-refractivity contribution in [1.29, 1.82) is 0 Å². The van der Waals surface area contributed by atoms with Gasteiger partial charge in [-0.15, -0.1) is 0 Å². The quantitative estimate of drug-likeness (QED) is 0.887. The number of anilines is 1. The van der Waals surface area contributed by atoms with E-state index in [1.807, 2.05) is 0 Å². The average Bonchev–Trinajstić information content (AvgIpc) is 2.29. The van der Waals surface area contributed by atoms with Crippen molar-refractivity contribution in [2.45, 2.75) is 0 Å². The van der Waals surface area contributed by atoms with Gasteiger partial charge in [-0.05, 0) is 0 Å². The zero-order valence-corrected chi connectivity index (χ0v) is 9.27. The molecule has 0 fully saturated rings. The summed E-state index contributed by atoms with van der Waals surface area (Å²) in [6.07, 6.45) is 4.70. The molecule has 82 valence electrons. The predicted molar refractivity (Wildman–Crippen MR) is 60.9 cm³/mol. The summed E-state index contributed by atoms with van der Waals surface area (Å²) in [5.41, 5.74) is 0. The summed E-state index contributed by atoms with van der Waals surface area (Å²) in [6, 6.07) is 3.32. The van der Waals surface area contributed by atoms with Gasteiger partial charge in [-0.1, -0.05) is 11.6 Å². The zero-order chi connectivity index (χ0) is 11.4. The maximum Gasteiger partial charge on any atom is 0.225 e. The number of pyridine rings is 1. The van der Waals surface area contributed by atoms with Crippen LogP contribution in [0.2, 0.25) is 5.02 Å². The predicted octanol–water partition coefficient (Wildman–Crippen LogP) is 2.36. The van der Waals surface area contributed by atoms with Gasteiger partial charge in [-0.3, -0.25) is 4.98 Å². The number of halogens is 1. The van der Waals surface area contributed by atoms with E-state index in [4.69, 9.17) is 16.3 Å². The van der Waals surface area contributed by atoms with Crippen LogP contribution in [0, 0.1) is 0 Å². The zero-order valence-electron chi connectivity index (χ0n) is 8.51. The van der Waals surface area contributed by atoms with Gasteiger partial charge in [0.05, 0.1) is 11.2 Å². The molecular formula is C10H9ClN4O. The maximum atomic E-state index is 5.78. The third-order valence-corrected chi connectivity index (χ3v) is 1.96. The summed E-state index contributed by atoms with van der Waals surface area (Å²) in [7, 11) is 1.74. The molecule has 2 rings (SSSR count). The minimum Gasteiger partial charge on any atom is -0.437 e. The van der Waals surface area contributed by atoms with E-state index in [2.05, 4.69) is 20.3 Å². The Labute approximate surface area is 97.5 Å². The first kappa shape index (κ1) is 10.6. The Morgan fingerprint density at radius 3 is 3.00 bits per heavy atom. The van der Waals surface area contributed by atoms with Gasteiger partial charge in [0, 0.05) is 31.6 Å². The van der Waals surface area contributed by atoms with E-state index in [9.17, 15) is 0 Å². The Balaban J connectivity index is 2.20. The second kappa shape index (κ2) is 4.76. The molecule has 0 radical (unpaired) electrons. The van der Waals surface area contributed by atoms with Gasteiger partial charge >= 0.3 is 0 Å². The first-order chi connectivity index (χ1) is 7.78. The highest BCUT2D eigenvalue weighted by molar-refractivity contribution is 6.30. The van der Waals surface area contributed by atoms with Gasteiger partial charge in [0.2, 0.25) is 11.8 Å². The normalized spacial score (nSPS) is 9.88. The highest BCUT2D eigenvalue weighted by Gasteiger charge is 2.01. The van der Waals surface area contributed by atoms with Gasteiger partial charge in [-0.2, -0.15) is 4.98 Å². The Bertz CT molecular complexity index is 492. The van der Waals surface area contributed by atoms with Crippen molar-refractivity contribution >= 4 is 17.5 Å². The molecule has 1 N–H and O–H groups in total. The van der Waals surface area contributed by atoms with Crippen LogP contribution in [0.3, 0.4) is 0 Å². The maximum absolute atomic E-state index is 5.78. The molecule has 0 saturated carbocycles. The summed E-state index contributed by atoms with van der Waals surface area (Å²) in [5.74, 6) is 1.46. The summed E-state index contributed by atoms with van der Waals surface area (Å²) in [5, 5.41) is 3.33. The highest BCUT2D eigenvalue weighted by Crippen LogP contribution is 2.21. The number of rotatable bonds is 3. The van der Waals surface area contributed by atoms with Gasteiger partial charge in [0.1, 0.15) is 5.75 Å². The van der Waals surface area contributed by atoms with Crippen molar-refractivity contribution < 1.29 is 4.74 Å². The number of aromatic nitrogens is 3. The lowest BCUT2D eigenvalue weighted by Gasteiger charge is -2.05. The Morgan fingerprint density at radius 2 is 2.25 bits per heavy atom. The summed E-state index contributed by atoms with van der Waals surface area (Å²) < 4.78 is 5.46. The molecule has 0 amide bonds. The number of nitrogens with one attached hydrogen (secondary N) is 1. The van der Waals surface area contributed by atoms with Crippen LogP contribution in [-0.2, 0) is 0 Å². The summed E-state index contributed by atoms with van der Waals surface area (Å²) in [6.45, 7) is 0. The fourth-order valence-electron chi connectivity index (χ4n) is 1.09. The number of hydrogen-bond acceptors (Lipinski definition) is 5. The third-order valence-electron chi connectivity index (χ3n) is 1.76. The van der Waals surface area contributed by atoms with Crippen molar-refractivity contribution in [1.82, 2.24) is 15.0 Å². The van der Waals surface area contributed by atoms with Gasteiger partial charge in [0.15, 0.2) is 0 Å². The smallest absolute Gasteiger partial charge is 0.225 e. The number of hydrogen-bond donors (Lipinski definition) is 1. The Morgan fingerprint density at radius 1 is 1.38 bits per heavy atom. The lowest BCUT2D eigenvalue weighted by Crippen LogP contribution is -1.97. The van der Waals surface area contributed by atoms with Crippen molar-refractivity contribution in [2.24, 2.45) is 0 Å². The monoisotopic (exact) mass is 236 g/mol. The number of nitrogens with zero attached hydrogens (tertiary/aromatic N) is 3. The topological polar surface area (TPSA) is 59.9 Å². The molecule has 0 aromatic carbocycles. The molecule has 2 aromatic heterocycles. The average molecular weight is 237 g/mol. The van der Waals surface area contributed by atoms with Crippen LogP contribution in [0.25, 0.3) is 0 Å². The van der Waals surface area contributed by atoms with Crippen LogP contribution in [-0.4, -0.2) is 22.0 Å². The standard InChI is InChI=1S/C10H9ClN4O/c1-12-10-14-3-2-9(15-10)16-8-4-7(11)5-13-6-8/h2-6H,1H3,(H,12,14,15). The molecular weight excluding hydrogens is 228 g/mol. The minimum atomic E-state index is 0.434. The first-order valence-corrected chi connectivity index (χ1v) is 4.95. The van der Waals surface area contributed by atoms with Gasteiger partial charge in [-0.25, -0.2) is 4.98 Å². The second-order valence-corrected chi connectivity index (χ2v) is 3.35. The molecule has 0 saturated heterocycles. The van der Waals surface area contributed by atoms with Crippen LogP contribution in [0.15, 0.2) is 30.7 Å². The van der Waals surface area contributed by atoms with Crippen LogP contribution in [0.1, 0.15) is 0 Å². The van der Waals surface area contributed by atoms with Crippen molar-refractivity contribution in [3.05, 3.63) is 35.7 Å². The second-order valence-electron chi connectivity index (χ2n) is 2.91. The van der Waals surface area contributed by atoms with Crippen molar-refractivity contribution in [2.75, 3.05) is 12.4 Å². The summed E-state index contributed by atoms with van der Waals surface area (Å²) >= 11 is 5.78. The van der Waals surface area contributed by atoms with Crippen molar-refractivity contribution in [3.8, 4) is 11.6 Å². The molecule has 0 aliphatic carbocycles.